The molecule has 0 saturated heterocycles. The van der Waals surface area contributed by atoms with Gasteiger partial charge in [-0.05, 0) is 13.0 Å². The highest BCUT2D eigenvalue weighted by Crippen LogP contribution is 2.02. The number of amides is 2. The number of hydrogen-bond acceptors (Lipinski definition) is 5. The third-order valence-corrected chi connectivity index (χ3v) is 1.68. The molecule has 7 heteroatoms. The molecule has 7 nitrogen and oxygen atoms in total. The number of carbonyl (C=O) groups excluding carboxylic acids is 1. The standard InChI is InChI=1S/C9H12N6O/c1-6-4-7(5-10)15-9(14-6)13-3-2-12-8(11)16/h4H,2-3H2,1H3,(H3,11,12,16)(H,13,14,15). The molecule has 0 radical (unpaired) electrons. The van der Waals surface area contributed by atoms with Gasteiger partial charge in [0.05, 0.1) is 0 Å². The number of aromatic nitrogens is 2. The SMILES string of the molecule is Cc1cc(C#N)nc(NCCNC(N)=O)n1. The van der Waals surface area contributed by atoms with Crippen LogP contribution in [0.5, 0.6) is 0 Å². The van der Waals surface area contributed by atoms with Gasteiger partial charge in [0, 0.05) is 18.8 Å². The molecule has 0 aliphatic carbocycles. The molecule has 0 aromatic carbocycles. The van der Waals surface area contributed by atoms with E-state index in [1.165, 1.54) is 0 Å². The number of nitriles is 1. The topological polar surface area (TPSA) is 117 Å². The van der Waals surface area contributed by atoms with Crippen LogP contribution in [0.2, 0.25) is 0 Å². The molecular formula is C9H12N6O. The molecule has 0 spiro atoms. The normalized spacial score (nSPS) is 9.25. The maximum absolute atomic E-state index is 10.4. The van der Waals surface area contributed by atoms with Crippen molar-refractivity contribution in [3.05, 3.63) is 17.5 Å². The van der Waals surface area contributed by atoms with E-state index in [1.807, 2.05) is 6.07 Å². The Labute approximate surface area is 92.7 Å². The van der Waals surface area contributed by atoms with Crippen molar-refractivity contribution in [1.29, 1.82) is 5.26 Å². The molecule has 1 aromatic heterocycles. The van der Waals surface area contributed by atoms with E-state index in [9.17, 15) is 4.79 Å². The van der Waals surface area contributed by atoms with E-state index >= 15 is 0 Å². The lowest BCUT2D eigenvalue weighted by atomic mass is 10.3. The Morgan fingerprint density at radius 2 is 2.31 bits per heavy atom. The monoisotopic (exact) mass is 220 g/mol. The minimum Gasteiger partial charge on any atom is -0.352 e. The highest BCUT2D eigenvalue weighted by molar-refractivity contribution is 5.71. The summed E-state index contributed by atoms with van der Waals surface area (Å²) in [6, 6.07) is 2.95. The Morgan fingerprint density at radius 3 is 2.94 bits per heavy atom. The van der Waals surface area contributed by atoms with Crippen LogP contribution in [-0.4, -0.2) is 29.1 Å². The summed E-state index contributed by atoms with van der Waals surface area (Å²) >= 11 is 0. The lowest BCUT2D eigenvalue weighted by Crippen LogP contribution is -2.33. The van der Waals surface area contributed by atoms with Crippen LogP contribution >= 0.6 is 0 Å². The Balaban J connectivity index is 2.51. The second kappa shape index (κ2) is 5.50. The number of nitrogens with one attached hydrogen (secondary N) is 2. The molecule has 1 rings (SSSR count). The van der Waals surface area contributed by atoms with Crippen molar-refractivity contribution in [1.82, 2.24) is 15.3 Å². The van der Waals surface area contributed by atoms with Gasteiger partial charge < -0.3 is 16.4 Å². The Bertz CT molecular complexity index is 424. The largest absolute Gasteiger partial charge is 0.352 e. The first-order valence-corrected chi connectivity index (χ1v) is 4.65. The molecular weight excluding hydrogens is 208 g/mol. The average molecular weight is 220 g/mol. The van der Waals surface area contributed by atoms with Crippen LogP contribution in [0.4, 0.5) is 10.7 Å². The van der Waals surface area contributed by atoms with Crippen LogP contribution in [0, 0.1) is 18.3 Å². The molecule has 0 saturated carbocycles. The number of urea groups is 1. The number of primary amides is 1. The summed E-state index contributed by atoms with van der Waals surface area (Å²) < 4.78 is 0. The zero-order valence-electron chi connectivity index (χ0n) is 8.82. The van der Waals surface area contributed by atoms with Crippen LogP contribution in [0.3, 0.4) is 0 Å². The van der Waals surface area contributed by atoms with Gasteiger partial charge in [-0.3, -0.25) is 0 Å². The lowest BCUT2D eigenvalue weighted by Gasteiger charge is -2.05. The highest BCUT2D eigenvalue weighted by atomic mass is 16.2. The molecule has 0 fully saturated rings. The maximum atomic E-state index is 10.4. The zero-order chi connectivity index (χ0) is 12.0. The van der Waals surface area contributed by atoms with Gasteiger partial charge in [-0.1, -0.05) is 0 Å². The maximum Gasteiger partial charge on any atom is 0.312 e. The summed E-state index contributed by atoms with van der Waals surface area (Å²) in [5.41, 5.74) is 5.90. The second-order valence-corrected chi connectivity index (χ2v) is 3.05. The number of anilines is 1. The van der Waals surface area contributed by atoms with Crippen LogP contribution in [0.25, 0.3) is 0 Å². The number of rotatable bonds is 4. The summed E-state index contributed by atoms with van der Waals surface area (Å²) in [6.07, 6.45) is 0. The predicted molar refractivity (Wildman–Crippen MR) is 57.6 cm³/mol. The van der Waals surface area contributed by atoms with Crippen molar-refractivity contribution in [3.8, 4) is 6.07 Å². The summed E-state index contributed by atoms with van der Waals surface area (Å²) in [5, 5.41) is 14.0. The fourth-order valence-corrected chi connectivity index (χ4v) is 1.06. The molecule has 16 heavy (non-hydrogen) atoms. The number of aryl methyl sites for hydroxylation is 1. The lowest BCUT2D eigenvalue weighted by molar-refractivity contribution is 0.249. The Kier molecular flexibility index (Phi) is 4.03. The van der Waals surface area contributed by atoms with E-state index in [0.29, 0.717) is 30.4 Å². The minimum atomic E-state index is -0.579. The molecule has 0 aliphatic rings. The van der Waals surface area contributed by atoms with E-state index in [1.54, 1.807) is 13.0 Å². The number of nitrogens with zero attached hydrogens (tertiary/aromatic N) is 3. The quantitative estimate of drug-likeness (QED) is 0.604. The van der Waals surface area contributed by atoms with Crippen molar-refractivity contribution in [2.24, 2.45) is 5.73 Å². The van der Waals surface area contributed by atoms with Gasteiger partial charge >= 0.3 is 6.03 Å². The fourth-order valence-electron chi connectivity index (χ4n) is 1.06. The van der Waals surface area contributed by atoms with E-state index in [0.717, 1.165) is 0 Å². The smallest absolute Gasteiger partial charge is 0.312 e. The summed E-state index contributed by atoms with van der Waals surface area (Å²) in [7, 11) is 0. The molecule has 2 amide bonds. The first kappa shape index (κ1) is 11.7. The Morgan fingerprint density at radius 1 is 1.56 bits per heavy atom. The van der Waals surface area contributed by atoms with Crippen LogP contribution in [0.1, 0.15) is 11.4 Å². The van der Waals surface area contributed by atoms with Crippen LogP contribution in [-0.2, 0) is 0 Å². The first-order valence-electron chi connectivity index (χ1n) is 4.65. The van der Waals surface area contributed by atoms with Crippen LogP contribution < -0.4 is 16.4 Å². The van der Waals surface area contributed by atoms with Gasteiger partial charge in [0.25, 0.3) is 0 Å². The van der Waals surface area contributed by atoms with Crippen molar-refractivity contribution in [3.63, 3.8) is 0 Å². The molecule has 1 heterocycles. The van der Waals surface area contributed by atoms with Crippen molar-refractivity contribution in [2.45, 2.75) is 6.92 Å². The van der Waals surface area contributed by atoms with Crippen molar-refractivity contribution < 1.29 is 4.79 Å². The van der Waals surface area contributed by atoms with Gasteiger partial charge in [-0.15, -0.1) is 0 Å². The fraction of sp³-hybridized carbons (Fsp3) is 0.333. The average Bonchev–Trinajstić information content (AvgIpc) is 2.23. The number of carbonyl (C=O) groups is 1. The summed E-state index contributed by atoms with van der Waals surface area (Å²) in [4.78, 5) is 18.4. The van der Waals surface area contributed by atoms with E-state index < -0.39 is 6.03 Å². The van der Waals surface area contributed by atoms with Gasteiger partial charge in [-0.2, -0.15) is 5.26 Å². The summed E-state index contributed by atoms with van der Waals surface area (Å²) in [5.74, 6) is 0.364. The third kappa shape index (κ3) is 3.79. The highest BCUT2D eigenvalue weighted by Gasteiger charge is 2.00. The van der Waals surface area contributed by atoms with Gasteiger partial charge in [0.1, 0.15) is 11.8 Å². The minimum absolute atomic E-state index is 0.304. The van der Waals surface area contributed by atoms with Crippen molar-refractivity contribution in [2.75, 3.05) is 18.4 Å². The Hall–Kier alpha value is -2.36. The second-order valence-electron chi connectivity index (χ2n) is 3.05. The number of nitrogens with two attached hydrogens (primary N) is 1. The third-order valence-electron chi connectivity index (χ3n) is 1.68. The molecule has 4 N–H and O–H groups in total. The molecule has 0 unspecified atom stereocenters. The van der Waals surface area contributed by atoms with E-state index in [4.69, 9.17) is 11.0 Å². The zero-order valence-corrected chi connectivity index (χ0v) is 8.82. The molecule has 1 aromatic rings. The van der Waals surface area contributed by atoms with Gasteiger partial charge in [0.2, 0.25) is 5.95 Å². The summed E-state index contributed by atoms with van der Waals surface area (Å²) in [6.45, 7) is 2.58. The van der Waals surface area contributed by atoms with Gasteiger partial charge in [-0.25, -0.2) is 14.8 Å². The van der Waals surface area contributed by atoms with E-state index in [-0.39, 0.29) is 0 Å². The molecule has 84 valence electrons. The molecule has 0 atom stereocenters. The van der Waals surface area contributed by atoms with Gasteiger partial charge in [0.15, 0.2) is 0 Å². The number of hydrogen-bond donors (Lipinski definition) is 3. The molecule has 0 bridgehead atoms. The van der Waals surface area contributed by atoms with E-state index in [2.05, 4.69) is 20.6 Å². The predicted octanol–water partition coefficient (Wildman–Crippen LogP) is -0.263. The first-order chi connectivity index (χ1) is 7.61. The van der Waals surface area contributed by atoms with Crippen molar-refractivity contribution >= 4 is 12.0 Å². The van der Waals surface area contributed by atoms with Crippen LogP contribution in [0.15, 0.2) is 6.07 Å². The molecule has 0 aliphatic heterocycles.